The number of ether oxygens (including phenoxy) is 1. The SMILES string of the molecule is COc1cccc(CC(C)(O)C2CCNC2)c1. The van der Waals surface area contributed by atoms with E-state index in [0.717, 1.165) is 30.8 Å². The molecule has 94 valence electrons. The molecular formula is C14H21NO2. The lowest BCUT2D eigenvalue weighted by Crippen LogP contribution is -2.38. The van der Waals surface area contributed by atoms with Crippen LogP contribution in [0.2, 0.25) is 0 Å². The van der Waals surface area contributed by atoms with Gasteiger partial charge < -0.3 is 15.2 Å². The Balaban J connectivity index is 2.07. The average Bonchev–Trinajstić information content (AvgIpc) is 2.83. The summed E-state index contributed by atoms with van der Waals surface area (Å²) in [6.45, 7) is 3.86. The van der Waals surface area contributed by atoms with Crippen LogP contribution in [-0.2, 0) is 6.42 Å². The molecule has 1 aromatic carbocycles. The molecule has 1 aliphatic heterocycles. The molecule has 0 aromatic heterocycles. The van der Waals surface area contributed by atoms with E-state index in [2.05, 4.69) is 5.32 Å². The number of methoxy groups -OCH3 is 1. The Morgan fingerprint density at radius 3 is 3.00 bits per heavy atom. The molecule has 3 nitrogen and oxygen atoms in total. The summed E-state index contributed by atoms with van der Waals surface area (Å²) < 4.78 is 5.20. The maximum Gasteiger partial charge on any atom is 0.119 e. The van der Waals surface area contributed by atoms with Gasteiger partial charge in [0.2, 0.25) is 0 Å². The van der Waals surface area contributed by atoms with Gasteiger partial charge in [-0.1, -0.05) is 12.1 Å². The van der Waals surface area contributed by atoms with Crippen molar-refractivity contribution in [2.45, 2.75) is 25.4 Å². The van der Waals surface area contributed by atoms with Crippen LogP contribution in [0.15, 0.2) is 24.3 Å². The van der Waals surface area contributed by atoms with Gasteiger partial charge in [0.05, 0.1) is 12.7 Å². The fourth-order valence-corrected chi connectivity index (χ4v) is 2.53. The first-order valence-corrected chi connectivity index (χ1v) is 6.18. The predicted octanol–water partition coefficient (Wildman–Crippen LogP) is 1.60. The monoisotopic (exact) mass is 235 g/mol. The highest BCUT2D eigenvalue weighted by molar-refractivity contribution is 5.29. The van der Waals surface area contributed by atoms with Gasteiger partial charge in [-0.15, -0.1) is 0 Å². The number of hydrogen-bond donors (Lipinski definition) is 2. The van der Waals surface area contributed by atoms with E-state index in [0.29, 0.717) is 12.3 Å². The van der Waals surface area contributed by atoms with Crippen molar-refractivity contribution in [2.75, 3.05) is 20.2 Å². The highest BCUT2D eigenvalue weighted by atomic mass is 16.5. The lowest BCUT2D eigenvalue weighted by molar-refractivity contribution is 0.00724. The van der Waals surface area contributed by atoms with Gasteiger partial charge in [0.25, 0.3) is 0 Å². The third kappa shape index (κ3) is 2.99. The largest absolute Gasteiger partial charge is 0.497 e. The van der Waals surface area contributed by atoms with Crippen molar-refractivity contribution < 1.29 is 9.84 Å². The maximum atomic E-state index is 10.6. The number of hydrogen-bond acceptors (Lipinski definition) is 3. The maximum absolute atomic E-state index is 10.6. The Bertz CT molecular complexity index is 370. The van der Waals surface area contributed by atoms with Gasteiger partial charge in [0.15, 0.2) is 0 Å². The van der Waals surface area contributed by atoms with Crippen molar-refractivity contribution in [1.29, 1.82) is 0 Å². The molecule has 0 saturated carbocycles. The van der Waals surface area contributed by atoms with E-state index in [1.54, 1.807) is 7.11 Å². The normalized spacial score (nSPS) is 23.4. The molecule has 3 heteroatoms. The van der Waals surface area contributed by atoms with Crippen molar-refractivity contribution in [3.05, 3.63) is 29.8 Å². The lowest BCUT2D eigenvalue weighted by atomic mass is 9.83. The van der Waals surface area contributed by atoms with Crippen LogP contribution in [0.3, 0.4) is 0 Å². The van der Waals surface area contributed by atoms with E-state index in [4.69, 9.17) is 4.74 Å². The Hall–Kier alpha value is -1.06. The molecule has 2 atom stereocenters. The molecule has 2 unspecified atom stereocenters. The minimum atomic E-state index is -0.643. The van der Waals surface area contributed by atoms with E-state index < -0.39 is 5.60 Å². The van der Waals surface area contributed by atoms with Crippen LogP contribution in [0.4, 0.5) is 0 Å². The van der Waals surface area contributed by atoms with Gasteiger partial charge in [-0.05, 0) is 37.6 Å². The number of benzene rings is 1. The molecule has 2 rings (SSSR count). The zero-order chi connectivity index (χ0) is 12.3. The minimum absolute atomic E-state index is 0.341. The summed E-state index contributed by atoms with van der Waals surface area (Å²) in [5, 5.41) is 13.9. The van der Waals surface area contributed by atoms with Gasteiger partial charge >= 0.3 is 0 Å². The number of rotatable bonds is 4. The van der Waals surface area contributed by atoms with Crippen molar-refractivity contribution in [2.24, 2.45) is 5.92 Å². The zero-order valence-corrected chi connectivity index (χ0v) is 10.6. The van der Waals surface area contributed by atoms with Crippen molar-refractivity contribution in [3.8, 4) is 5.75 Å². The Morgan fingerprint density at radius 1 is 1.53 bits per heavy atom. The van der Waals surface area contributed by atoms with Crippen molar-refractivity contribution in [3.63, 3.8) is 0 Å². The molecule has 2 N–H and O–H groups in total. The standard InChI is InChI=1S/C14H21NO2/c1-14(16,12-6-7-15-10-12)9-11-4-3-5-13(8-11)17-2/h3-5,8,12,15-16H,6-7,9-10H2,1-2H3. The van der Waals surface area contributed by atoms with Crippen molar-refractivity contribution in [1.82, 2.24) is 5.32 Å². The average molecular weight is 235 g/mol. The van der Waals surface area contributed by atoms with Gasteiger partial charge in [-0.25, -0.2) is 0 Å². The Kier molecular flexibility index (Phi) is 3.69. The molecule has 1 aliphatic rings. The van der Waals surface area contributed by atoms with Gasteiger partial charge in [0, 0.05) is 18.9 Å². The fraction of sp³-hybridized carbons (Fsp3) is 0.571. The predicted molar refractivity (Wildman–Crippen MR) is 68.3 cm³/mol. The highest BCUT2D eigenvalue weighted by Gasteiger charge is 2.33. The summed E-state index contributed by atoms with van der Waals surface area (Å²) in [5.74, 6) is 1.19. The number of nitrogens with one attached hydrogen (secondary N) is 1. The van der Waals surface area contributed by atoms with E-state index in [-0.39, 0.29) is 0 Å². The van der Waals surface area contributed by atoms with Crippen LogP contribution in [-0.4, -0.2) is 30.9 Å². The smallest absolute Gasteiger partial charge is 0.119 e. The first-order valence-electron chi connectivity index (χ1n) is 6.18. The van der Waals surface area contributed by atoms with Gasteiger partial charge in [-0.2, -0.15) is 0 Å². The number of aliphatic hydroxyl groups is 1. The summed E-state index contributed by atoms with van der Waals surface area (Å²) in [7, 11) is 1.66. The molecule has 1 aromatic rings. The van der Waals surface area contributed by atoms with Gasteiger partial charge in [0.1, 0.15) is 5.75 Å². The molecular weight excluding hydrogens is 214 g/mol. The summed E-state index contributed by atoms with van der Waals surface area (Å²) in [6.07, 6.45) is 1.73. The van der Waals surface area contributed by atoms with Crippen LogP contribution in [0, 0.1) is 5.92 Å². The first kappa shape index (κ1) is 12.4. The lowest BCUT2D eigenvalue weighted by Gasteiger charge is -2.29. The quantitative estimate of drug-likeness (QED) is 0.833. The van der Waals surface area contributed by atoms with Crippen LogP contribution >= 0.6 is 0 Å². The summed E-state index contributed by atoms with van der Waals surface area (Å²) in [6, 6.07) is 7.93. The summed E-state index contributed by atoms with van der Waals surface area (Å²) in [4.78, 5) is 0. The van der Waals surface area contributed by atoms with E-state index in [1.165, 1.54) is 0 Å². The molecule has 0 bridgehead atoms. The third-order valence-corrected chi connectivity index (χ3v) is 3.64. The fourth-order valence-electron chi connectivity index (χ4n) is 2.53. The Labute approximate surface area is 103 Å². The van der Waals surface area contributed by atoms with Crippen LogP contribution in [0.25, 0.3) is 0 Å². The molecule has 17 heavy (non-hydrogen) atoms. The Morgan fingerprint density at radius 2 is 2.35 bits per heavy atom. The van der Waals surface area contributed by atoms with Crippen LogP contribution in [0.5, 0.6) is 5.75 Å². The molecule has 0 amide bonds. The third-order valence-electron chi connectivity index (χ3n) is 3.64. The first-order chi connectivity index (χ1) is 8.12. The van der Waals surface area contributed by atoms with E-state index in [1.807, 2.05) is 31.2 Å². The van der Waals surface area contributed by atoms with E-state index >= 15 is 0 Å². The molecule has 1 fully saturated rings. The molecule has 0 aliphatic carbocycles. The second-order valence-electron chi connectivity index (χ2n) is 5.08. The molecule has 0 radical (unpaired) electrons. The second-order valence-corrected chi connectivity index (χ2v) is 5.08. The topological polar surface area (TPSA) is 41.5 Å². The molecule has 1 saturated heterocycles. The van der Waals surface area contributed by atoms with Crippen molar-refractivity contribution >= 4 is 0 Å². The van der Waals surface area contributed by atoms with E-state index in [9.17, 15) is 5.11 Å². The van der Waals surface area contributed by atoms with Gasteiger partial charge in [-0.3, -0.25) is 0 Å². The summed E-state index contributed by atoms with van der Waals surface area (Å²) >= 11 is 0. The molecule has 0 spiro atoms. The minimum Gasteiger partial charge on any atom is -0.497 e. The zero-order valence-electron chi connectivity index (χ0n) is 10.6. The second kappa shape index (κ2) is 5.07. The van der Waals surface area contributed by atoms with Crippen LogP contribution in [0.1, 0.15) is 18.9 Å². The molecule has 1 heterocycles. The van der Waals surface area contributed by atoms with Crippen LogP contribution < -0.4 is 10.1 Å². The highest BCUT2D eigenvalue weighted by Crippen LogP contribution is 2.28. The summed E-state index contributed by atoms with van der Waals surface area (Å²) in [5.41, 5.74) is 0.483.